The second kappa shape index (κ2) is 12.1. The fraction of sp³-hybridized carbons (Fsp3) is 0. The summed E-state index contributed by atoms with van der Waals surface area (Å²) in [5.41, 5.74) is 8.83. The SMILES string of the molecule is O=P(c1ccccc1)(c1ccccc1)c1cccc(-c2cc(-n3c4ccccc4c4ccccc43)cc(-n3c4ccccc4c4ccccc43)c2)n1. The van der Waals surface area contributed by atoms with E-state index in [1.165, 1.54) is 21.5 Å². The molecule has 0 N–H and O–H groups in total. The molecule has 0 aliphatic heterocycles. The highest BCUT2D eigenvalue weighted by Crippen LogP contribution is 2.43. The van der Waals surface area contributed by atoms with Gasteiger partial charge in [0.2, 0.25) is 0 Å². The summed E-state index contributed by atoms with van der Waals surface area (Å²) in [5.74, 6) is 0. The van der Waals surface area contributed by atoms with Gasteiger partial charge in [0.25, 0.3) is 0 Å². The van der Waals surface area contributed by atoms with Gasteiger partial charge in [-0.05, 0) is 54.6 Å². The van der Waals surface area contributed by atoms with Crippen LogP contribution in [0.15, 0.2) is 194 Å². The van der Waals surface area contributed by atoms with Crippen molar-refractivity contribution in [3.05, 3.63) is 194 Å². The van der Waals surface area contributed by atoms with Crippen molar-refractivity contribution in [3.63, 3.8) is 0 Å². The van der Waals surface area contributed by atoms with Crippen molar-refractivity contribution in [1.82, 2.24) is 14.1 Å². The molecule has 246 valence electrons. The number of para-hydroxylation sites is 4. The molecule has 0 saturated carbocycles. The van der Waals surface area contributed by atoms with E-state index in [0.717, 1.165) is 55.3 Å². The van der Waals surface area contributed by atoms with Crippen molar-refractivity contribution in [1.29, 1.82) is 0 Å². The maximum absolute atomic E-state index is 15.4. The van der Waals surface area contributed by atoms with Crippen LogP contribution >= 0.6 is 7.14 Å². The van der Waals surface area contributed by atoms with E-state index in [4.69, 9.17) is 4.98 Å². The first kappa shape index (κ1) is 30.4. The minimum atomic E-state index is -3.30. The zero-order valence-electron chi connectivity index (χ0n) is 28.2. The van der Waals surface area contributed by atoms with Gasteiger partial charge in [0.15, 0.2) is 7.14 Å². The summed E-state index contributed by atoms with van der Waals surface area (Å²) in [6.45, 7) is 0. The van der Waals surface area contributed by atoms with Crippen molar-refractivity contribution < 1.29 is 4.57 Å². The summed E-state index contributed by atoms with van der Waals surface area (Å²) < 4.78 is 20.1. The molecule has 0 radical (unpaired) electrons. The summed E-state index contributed by atoms with van der Waals surface area (Å²) in [5, 5.41) is 6.33. The van der Waals surface area contributed by atoms with E-state index in [-0.39, 0.29) is 0 Å². The molecule has 0 aliphatic carbocycles. The molecule has 7 aromatic carbocycles. The monoisotopic (exact) mass is 685 g/mol. The fourth-order valence-corrected chi connectivity index (χ4v) is 10.4. The lowest BCUT2D eigenvalue weighted by molar-refractivity contribution is 0.592. The molecule has 52 heavy (non-hydrogen) atoms. The van der Waals surface area contributed by atoms with Gasteiger partial charge in [0.05, 0.1) is 27.8 Å². The number of benzene rings is 7. The van der Waals surface area contributed by atoms with Crippen LogP contribution in [-0.2, 0) is 4.57 Å². The van der Waals surface area contributed by atoms with Gasteiger partial charge in [-0.2, -0.15) is 0 Å². The van der Waals surface area contributed by atoms with E-state index in [9.17, 15) is 0 Å². The van der Waals surface area contributed by atoms with Gasteiger partial charge in [0, 0.05) is 49.1 Å². The quantitative estimate of drug-likeness (QED) is 0.164. The lowest BCUT2D eigenvalue weighted by Gasteiger charge is -2.20. The molecule has 0 spiro atoms. The molecule has 0 aliphatic rings. The predicted octanol–water partition coefficient (Wildman–Crippen LogP) is 10.6. The van der Waals surface area contributed by atoms with Crippen LogP contribution in [0.3, 0.4) is 0 Å². The van der Waals surface area contributed by atoms with E-state index in [0.29, 0.717) is 5.44 Å². The lowest BCUT2D eigenvalue weighted by Crippen LogP contribution is -2.27. The Morgan fingerprint density at radius 2 is 0.769 bits per heavy atom. The third-order valence-corrected chi connectivity index (χ3v) is 13.1. The summed E-state index contributed by atoms with van der Waals surface area (Å²) in [7, 11) is -3.30. The number of pyridine rings is 1. The number of hydrogen-bond donors (Lipinski definition) is 0. The van der Waals surface area contributed by atoms with Crippen molar-refractivity contribution in [2.45, 2.75) is 0 Å². The van der Waals surface area contributed by atoms with Crippen LogP contribution in [0.1, 0.15) is 0 Å². The number of aromatic nitrogens is 3. The van der Waals surface area contributed by atoms with E-state index < -0.39 is 7.14 Å². The lowest BCUT2D eigenvalue weighted by atomic mass is 10.1. The van der Waals surface area contributed by atoms with E-state index in [1.807, 2.05) is 78.9 Å². The number of rotatable bonds is 6. The van der Waals surface area contributed by atoms with Crippen LogP contribution in [0.2, 0.25) is 0 Å². The first-order valence-corrected chi connectivity index (χ1v) is 19.2. The Hall–Kier alpha value is -6.48. The summed E-state index contributed by atoms with van der Waals surface area (Å²) >= 11 is 0. The Labute approximate surface area is 301 Å². The predicted molar refractivity (Wildman–Crippen MR) is 218 cm³/mol. The molecule has 4 nitrogen and oxygen atoms in total. The Kier molecular flexibility index (Phi) is 7.06. The highest BCUT2D eigenvalue weighted by molar-refractivity contribution is 7.85. The zero-order valence-corrected chi connectivity index (χ0v) is 29.1. The number of nitrogens with zero attached hydrogens (tertiary/aromatic N) is 3. The molecule has 0 saturated heterocycles. The zero-order chi connectivity index (χ0) is 34.6. The maximum atomic E-state index is 15.4. The highest BCUT2D eigenvalue weighted by Gasteiger charge is 2.31. The Bertz CT molecular complexity index is 2720. The molecule has 5 heteroatoms. The van der Waals surface area contributed by atoms with Gasteiger partial charge in [0.1, 0.15) is 5.44 Å². The Balaban J connectivity index is 1.27. The molecule has 0 bridgehead atoms. The third kappa shape index (κ3) is 4.69. The van der Waals surface area contributed by atoms with E-state index in [1.54, 1.807) is 0 Å². The Morgan fingerprint density at radius 3 is 1.19 bits per heavy atom. The summed E-state index contributed by atoms with van der Waals surface area (Å²) in [6.07, 6.45) is 0. The van der Waals surface area contributed by atoms with E-state index >= 15 is 4.57 Å². The van der Waals surface area contributed by atoms with Crippen molar-refractivity contribution in [3.8, 4) is 22.6 Å². The molecule has 3 aromatic heterocycles. The van der Waals surface area contributed by atoms with Gasteiger partial charge in [-0.15, -0.1) is 0 Å². The van der Waals surface area contributed by atoms with Gasteiger partial charge < -0.3 is 13.7 Å². The van der Waals surface area contributed by atoms with Crippen molar-refractivity contribution >= 4 is 66.8 Å². The standard InChI is InChI=1S/C47H32N3OP/c51-52(36-16-3-1-4-17-36,37-18-5-2-6-19-37)47-29-15-24-42(48-47)33-30-34(49-43-25-11-7-20-38(43)39-21-8-12-26-44(39)49)32-35(31-33)50-45-27-13-9-22-40(45)41-23-10-14-28-46(41)50/h1-32H. The Morgan fingerprint density at radius 1 is 0.385 bits per heavy atom. The maximum Gasteiger partial charge on any atom is 0.188 e. The summed E-state index contributed by atoms with van der Waals surface area (Å²) in [6, 6.07) is 66.5. The van der Waals surface area contributed by atoms with E-state index in [2.05, 4.69) is 124 Å². The van der Waals surface area contributed by atoms with Crippen molar-refractivity contribution in [2.75, 3.05) is 0 Å². The minimum absolute atomic E-state index is 0.558. The molecule has 10 aromatic rings. The molecular formula is C47H32N3OP. The molecule has 0 unspecified atom stereocenters. The van der Waals surface area contributed by atoms with Crippen LogP contribution in [-0.4, -0.2) is 14.1 Å². The molecular weight excluding hydrogens is 654 g/mol. The second-order valence-electron chi connectivity index (χ2n) is 13.1. The van der Waals surface area contributed by atoms with Gasteiger partial charge in [-0.3, -0.25) is 0 Å². The topological polar surface area (TPSA) is 39.8 Å². The van der Waals surface area contributed by atoms with Crippen LogP contribution in [0.4, 0.5) is 0 Å². The largest absolute Gasteiger partial charge is 0.309 e. The van der Waals surface area contributed by atoms with Gasteiger partial charge in [-0.25, -0.2) is 4.98 Å². The molecule has 0 amide bonds. The molecule has 3 heterocycles. The first-order valence-electron chi connectivity index (χ1n) is 17.5. The van der Waals surface area contributed by atoms with Gasteiger partial charge in [-0.1, -0.05) is 140 Å². The highest BCUT2D eigenvalue weighted by atomic mass is 31.2. The average Bonchev–Trinajstić information content (AvgIpc) is 3.74. The summed E-state index contributed by atoms with van der Waals surface area (Å²) in [4.78, 5) is 5.28. The number of hydrogen-bond acceptors (Lipinski definition) is 2. The van der Waals surface area contributed by atoms with Crippen LogP contribution in [0, 0.1) is 0 Å². The molecule has 0 fully saturated rings. The third-order valence-electron chi connectivity index (χ3n) is 10.2. The normalized spacial score (nSPS) is 11.9. The fourth-order valence-electron chi connectivity index (χ4n) is 7.85. The first-order chi connectivity index (χ1) is 25.7. The van der Waals surface area contributed by atoms with Crippen molar-refractivity contribution in [2.24, 2.45) is 0 Å². The minimum Gasteiger partial charge on any atom is -0.309 e. The van der Waals surface area contributed by atoms with Crippen LogP contribution in [0.5, 0.6) is 0 Å². The van der Waals surface area contributed by atoms with Gasteiger partial charge >= 0.3 is 0 Å². The molecule has 0 atom stereocenters. The second-order valence-corrected chi connectivity index (χ2v) is 15.8. The van der Waals surface area contributed by atoms with Crippen LogP contribution in [0.25, 0.3) is 66.2 Å². The van der Waals surface area contributed by atoms with Crippen LogP contribution < -0.4 is 16.0 Å². The smallest absolute Gasteiger partial charge is 0.188 e. The average molecular weight is 686 g/mol. The molecule has 10 rings (SSSR count). The number of fused-ring (bicyclic) bond motifs is 6.